The van der Waals surface area contributed by atoms with Gasteiger partial charge in [0.15, 0.2) is 0 Å². The first-order chi connectivity index (χ1) is 18.1. The Labute approximate surface area is 223 Å². The largest absolute Gasteiger partial charge is 0.482 e. The van der Waals surface area contributed by atoms with Gasteiger partial charge in [0, 0.05) is 29.8 Å². The van der Waals surface area contributed by atoms with Crippen molar-refractivity contribution in [1.82, 2.24) is 5.32 Å². The standard InChI is InChI=1S/C30H35BN2O5/c1-18(34)32-22-11-9-19(10-12-22)13-28(35)33-27(16-24-23-8-6-5-7-20(23)17-36-24)31-37-26-15-21-14-25(29(21,2)3)30(26,4)38-31/h5-12,17,21,25-27H,13-16H2,1-4H3,(H,32,34)(H,33,35)/t21-,25-,26+,27?,30-/m0/s1. The normalized spacial score (nSPS) is 27.9. The van der Waals surface area contributed by atoms with Gasteiger partial charge in [-0.3, -0.25) is 9.59 Å². The Hall–Kier alpha value is -3.10. The molecule has 4 fully saturated rings. The van der Waals surface area contributed by atoms with Crippen LogP contribution in [0.2, 0.25) is 0 Å². The molecular formula is C30H35BN2O5. The quantitative estimate of drug-likeness (QED) is 0.437. The van der Waals surface area contributed by atoms with Gasteiger partial charge in [-0.05, 0) is 54.7 Å². The molecule has 5 atom stereocenters. The molecule has 198 valence electrons. The summed E-state index contributed by atoms with van der Waals surface area (Å²) in [6.45, 7) is 8.35. The second-order valence-corrected chi connectivity index (χ2v) is 12.0. The van der Waals surface area contributed by atoms with Gasteiger partial charge in [-0.2, -0.15) is 0 Å². The Morgan fingerprint density at radius 1 is 1.08 bits per heavy atom. The van der Waals surface area contributed by atoms with Gasteiger partial charge < -0.3 is 24.4 Å². The molecule has 8 heteroatoms. The highest BCUT2D eigenvalue weighted by molar-refractivity contribution is 6.48. The van der Waals surface area contributed by atoms with E-state index in [0.717, 1.165) is 28.5 Å². The molecule has 38 heavy (non-hydrogen) atoms. The number of hydrogen-bond donors (Lipinski definition) is 2. The molecule has 2 bridgehead atoms. The van der Waals surface area contributed by atoms with E-state index in [9.17, 15) is 9.59 Å². The van der Waals surface area contributed by atoms with Crippen molar-refractivity contribution in [2.45, 2.75) is 71.0 Å². The maximum absolute atomic E-state index is 13.3. The fourth-order valence-electron chi connectivity index (χ4n) is 7.05. The van der Waals surface area contributed by atoms with Gasteiger partial charge in [0.05, 0.1) is 30.3 Å². The second-order valence-electron chi connectivity index (χ2n) is 12.0. The van der Waals surface area contributed by atoms with Crippen LogP contribution in [0, 0.1) is 17.3 Å². The Kier molecular flexibility index (Phi) is 6.15. The summed E-state index contributed by atoms with van der Waals surface area (Å²) in [5.74, 6) is 1.24. The van der Waals surface area contributed by atoms with Crippen molar-refractivity contribution in [2.24, 2.45) is 17.3 Å². The summed E-state index contributed by atoms with van der Waals surface area (Å²) in [5, 5.41) is 8.03. The molecule has 1 unspecified atom stereocenters. The summed E-state index contributed by atoms with van der Waals surface area (Å²) in [5.41, 5.74) is 1.43. The lowest BCUT2D eigenvalue weighted by Gasteiger charge is -2.64. The molecule has 2 N–H and O–H groups in total. The highest BCUT2D eigenvalue weighted by Crippen LogP contribution is 2.65. The third-order valence-corrected chi connectivity index (χ3v) is 9.28. The highest BCUT2D eigenvalue weighted by Gasteiger charge is 2.68. The molecule has 2 amide bonds. The molecule has 2 heterocycles. The first-order valence-electron chi connectivity index (χ1n) is 13.6. The van der Waals surface area contributed by atoms with Crippen molar-refractivity contribution >= 4 is 35.4 Å². The summed E-state index contributed by atoms with van der Waals surface area (Å²) in [6.07, 6.45) is 4.62. The van der Waals surface area contributed by atoms with Crippen LogP contribution in [0.25, 0.3) is 10.8 Å². The third kappa shape index (κ3) is 4.33. The van der Waals surface area contributed by atoms with Gasteiger partial charge in [-0.15, -0.1) is 0 Å². The Morgan fingerprint density at radius 3 is 2.58 bits per heavy atom. The van der Waals surface area contributed by atoms with Crippen molar-refractivity contribution in [2.75, 3.05) is 5.32 Å². The lowest BCUT2D eigenvalue weighted by Crippen LogP contribution is -2.65. The van der Waals surface area contributed by atoms with Crippen LogP contribution in [0.15, 0.2) is 59.2 Å². The van der Waals surface area contributed by atoms with Crippen LogP contribution in [0.3, 0.4) is 0 Å². The van der Waals surface area contributed by atoms with Crippen LogP contribution in [0.4, 0.5) is 5.69 Å². The minimum absolute atomic E-state index is 0.0262. The van der Waals surface area contributed by atoms with Crippen LogP contribution in [-0.2, 0) is 31.7 Å². The number of carbonyl (C=O) groups excluding carboxylic acids is 2. The lowest BCUT2D eigenvalue weighted by molar-refractivity contribution is -0.199. The number of fused-ring (bicyclic) bond motifs is 1. The molecule has 0 spiro atoms. The van der Waals surface area contributed by atoms with E-state index in [0.29, 0.717) is 23.9 Å². The van der Waals surface area contributed by atoms with E-state index in [-0.39, 0.29) is 35.4 Å². The van der Waals surface area contributed by atoms with Crippen LogP contribution < -0.4 is 10.6 Å². The maximum atomic E-state index is 13.3. The lowest BCUT2D eigenvalue weighted by atomic mass is 9.43. The topological polar surface area (TPSA) is 89.8 Å². The number of benzene rings is 2. The van der Waals surface area contributed by atoms with Gasteiger partial charge in [0.1, 0.15) is 5.76 Å². The molecule has 0 radical (unpaired) electrons. The minimum Gasteiger partial charge on any atom is -0.468 e. The molecule has 3 saturated carbocycles. The zero-order valence-corrected chi connectivity index (χ0v) is 22.5. The molecule has 7 nitrogen and oxygen atoms in total. The summed E-state index contributed by atoms with van der Waals surface area (Å²) in [4.78, 5) is 24.6. The third-order valence-electron chi connectivity index (χ3n) is 9.28. The number of carbonyl (C=O) groups is 2. The van der Waals surface area contributed by atoms with Crippen molar-refractivity contribution in [3.63, 3.8) is 0 Å². The molecule has 1 aromatic heterocycles. The van der Waals surface area contributed by atoms with Gasteiger partial charge in [0.2, 0.25) is 11.8 Å². The van der Waals surface area contributed by atoms with Crippen LogP contribution in [0.1, 0.15) is 51.9 Å². The fourth-order valence-corrected chi connectivity index (χ4v) is 7.05. The molecule has 3 aliphatic carbocycles. The average molecular weight is 514 g/mol. The number of amides is 2. The van der Waals surface area contributed by atoms with Crippen molar-refractivity contribution in [3.8, 4) is 0 Å². The van der Waals surface area contributed by atoms with Crippen molar-refractivity contribution in [1.29, 1.82) is 0 Å². The number of hydrogen-bond acceptors (Lipinski definition) is 5. The zero-order valence-electron chi connectivity index (χ0n) is 22.5. The molecule has 7 rings (SSSR count). The van der Waals surface area contributed by atoms with E-state index in [2.05, 4.69) is 31.4 Å². The highest BCUT2D eigenvalue weighted by atomic mass is 16.7. The van der Waals surface area contributed by atoms with Gasteiger partial charge in [-0.25, -0.2) is 0 Å². The zero-order chi connectivity index (χ0) is 26.7. The van der Waals surface area contributed by atoms with E-state index < -0.39 is 13.1 Å². The number of anilines is 1. The maximum Gasteiger partial charge on any atom is 0.482 e. The minimum atomic E-state index is -0.560. The number of nitrogens with one attached hydrogen (secondary N) is 2. The van der Waals surface area contributed by atoms with E-state index in [1.807, 2.05) is 36.4 Å². The summed E-state index contributed by atoms with van der Waals surface area (Å²) >= 11 is 0. The van der Waals surface area contributed by atoms with Crippen molar-refractivity contribution < 1.29 is 23.3 Å². The smallest absolute Gasteiger partial charge is 0.468 e. The average Bonchev–Trinajstić information content (AvgIpc) is 3.44. The Morgan fingerprint density at radius 2 is 1.84 bits per heavy atom. The Bertz CT molecular complexity index is 1370. The SMILES string of the molecule is CC(=O)Nc1ccc(CC(=O)NC(Cc2occ3ccccc23)B2O[C@@H]3C[C@@H]4C[C@@H](C4(C)C)[C@]3(C)O2)cc1. The predicted octanol–water partition coefficient (Wildman–Crippen LogP) is 4.93. The fraction of sp³-hybridized carbons (Fsp3) is 0.467. The first-order valence-corrected chi connectivity index (χ1v) is 13.6. The van der Waals surface area contributed by atoms with E-state index in [1.54, 1.807) is 18.4 Å². The molecule has 4 aliphatic rings. The number of furan rings is 1. The van der Waals surface area contributed by atoms with E-state index in [4.69, 9.17) is 13.7 Å². The molecular weight excluding hydrogens is 479 g/mol. The van der Waals surface area contributed by atoms with Crippen LogP contribution in [-0.4, -0.2) is 36.6 Å². The van der Waals surface area contributed by atoms with Gasteiger partial charge in [-0.1, -0.05) is 50.2 Å². The number of rotatable bonds is 7. The monoisotopic (exact) mass is 514 g/mol. The van der Waals surface area contributed by atoms with E-state index >= 15 is 0 Å². The molecule has 2 aromatic carbocycles. The molecule has 3 aromatic rings. The van der Waals surface area contributed by atoms with Gasteiger partial charge in [0.25, 0.3) is 0 Å². The Balaban J connectivity index is 1.22. The first kappa shape index (κ1) is 25.2. The predicted molar refractivity (Wildman–Crippen MR) is 146 cm³/mol. The van der Waals surface area contributed by atoms with E-state index in [1.165, 1.54) is 13.3 Å². The summed E-state index contributed by atoms with van der Waals surface area (Å²) in [7, 11) is -0.560. The summed E-state index contributed by atoms with van der Waals surface area (Å²) in [6, 6.07) is 15.4. The summed E-state index contributed by atoms with van der Waals surface area (Å²) < 4.78 is 19.3. The van der Waals surface area contributed by atoms with Gasteiger partial charge >= 0.3 is 7.12 Å². The van der Waals surface area contributed by atoms with Crippen LogP contribution >= 0.6 is 0 Å². The van der Waals surface area contributed by atoms with Crippen molar-refractivity contribution in [3.05, 3.63) is 66.1 Å². The molecule has 1 saturated heterocycles. The molecule has 1 aliphatic heterocycles. The second kappa shape index (κ2) is 9.28. The van der Waals surface area contributed by atoms with Crippen LogP contribution in [0.5, 0.6) is 0 Å².